The van der Waals surface area contributed by atoms with Crippen molar-refractivity contribution in [2.75, 3.05) is 0 Å². The zero-order chi connectivity index (χ0) is 23.7. The van der Waals surface area contributed by atoms with Gasteiger partial charge in [-0.3, -0.25) is 0 Å². The lowest BCUT2D eigenvalue weighted by molar-refractivity contribution is -0.275. The third-order valence-electron chi connectivity index (χ3n) is 7.23. The molecule has 1 aromatic rings. The summed E-state index contributed by atoms with van der Waals surface area (Å²) in [7, 11) is 0. The van der Waals surface area contributed by atoms with Gasteiger partial charge in [-0.2, -0.15) is 0 Å². The van der Waals surface area contributed by atoms with Crippen molar-refractivity contribution in [1.82, 2.24) is 0 Å². The minimum absolute atomic E-state index is 0.153. The third-order valence-corrected chi connectivity index (χ3v) is 7.23. The Kier molecular flexibility index (Phi) is 9.71. The number of halogens is 4. The van der Waals surface area contributed by atoms with Crippen LogP contribution in [0, 0.1) is 35.4 Å². The van der Waals surface area contributed by atoms with Crippen LogP contribution < -0.4 is 4.74 Å². The molecule has 33 heavy (non-hydrogen) atoms. The molecule has 2 saturated carbocycles. The Balaban J connectivity index is 1.39. The molecular weight excluding hydrogens is 428 g/mol. The molecule has 5 heteroatoms. The van der Waals surface area contributed by atoms with Gasteiger partial charge in [0.25, 0.3) is 0 Å². The molecule has 0 N–H and O–H groups in total. The number of benzene rings is 1. The second-order valence-electron chi connectivity index (χ2n) is 9.71. The second kappa shape index (κ2) is 12.5. The fourth-order valence-corrected chi connectivity index (χ4v) is 5.25. The highest BCUT2D eigenvalue weighted by molar-refractivity contribution is 5.32. The van der Waals surface area contributed by atoms with Gasteiger partial charge >= 0.3 is 6.36 Å². The van der Waals surface area contributed by atoms with Crippen LogP contribution in [0.4, 0.5) is 17.6 Å². The Labute approximate surface area is 196 Å². The van der Waals surface area contributed by atoms with Gasteiger partial charge in [0.2, 0.25) is 0 Å². The molecule has 0 radical (unpaired) electrons. The first-order valence-electron chi connectivity index (χ1n) is 12.6. The lowest BCUT2D eigenvalue weighted by Gasteiger charge is -2.26. The molecule has 0 spiro atoms. The summed E-state index contributed by atoms with van der Waals surface area (Å²) >= 11 is 0. The number of rotatable bonds is 7. The van der Waals surface area contributed by atoms with E-state index in [1.807, 2.05) is 6.08 Å². The van der Waals surface area contributed by atoms with E-state index in [2.05, 4.69) is 29.6 Å². The summed E-state index contributed by atoms with van der Waals surface area (Å²) in [5.41, 5.74) is 0.735. The van der Waals surface area contributed by atoms with E-state index in [0.29, 0.717) is 11.8 Å². The summed E-state index contributed by atoms with van der Waals surface area (Å²) in [6.07, 6.45) is 13.7. The van der Waals surface area contributed by atoms with Crippen LogP contribution in [0.3, 0.4) is 0 Å². The number of alkyl halides is 3. The molecule has 3 rings (SSSR count). The van der Waals surface area contributed by atoms with E-state index in [-0.39, 0.29) is 5.92 Å². The van der Waals surface area contributed by atoms with Crippen LogP contribution in [-0.4, -0.2) is 6.36 Å². The highest BCUT2D eigenvalue weighted by Gasteiger charge is 2.32. The molecule has 0 atom stereocenters. The van der Waals surface area contributed by atoms with E-state index in [0.717, 1.165) is 43.2 Å². The third kappa shape index (κ3) is 8.72. The first kappa shape index (κ1) is 25.7. The molecule has 2 aliphatic rings. The van der Waals surface area contributed by atoms with Crippen LogP contribution >= 0.6 is 0 Å². The molecule has 0 heterocycles. The molecule has 0 aromatic heterocycles. The van der Waals surface area contributed by atoms with E-state index in [1.165, 1.54) is 57.4 Å². The summed E-state index contributed by atoms with van der Waals surface area (Å²) in [6, 6.07) is 3.80. The summed E-state index contributed by atoms with van der Waals surface area (Å²) in [5.74, 6) is 6.93. The Morgan fingerprint density at radius 3 is 2.36 bits per heavy atom. The predicted molar refractivity (Wildman–Crippen MR) is 124 cm³/mol. The summed E-state index contributed by atoms with van der Waals surface area (Å²) < 4.78 is 54.7. The summed E-state index contributed by atoms with van der Waals surface area (Å²) in [6.45, 7) is 2.26. The average molecular weight is 465 g/mol. The maximum Gasteiger partial charge on any atom is 0.573 e. The van der Waals surface area contributed by atoms with Crippen LogP contribution in [0.25, 0.3) is 0 Å². The number of ether oxygens (including phenoxy) is 1. The Morgan fingerprint density at radius 2 is 1.73 bits per heavy atom. The number of hydrogen-bond acceptors (Lipinski definition) is 1. The maximum atomic E-state index is 14.0. The van der Waals surface area contributed by atoms with Gasteiger partial charge in [-0.15, -0.1) is 13.2 Å². The van der Waals surface area contributed by atoms with Crippen molar-refractivity contribution in [1.29, 1.82) is 0 Å². The van der Waals surface area contributed by atoms with E-state index in [1.54, 1.807) is 6.07 Å². The lowest BCUT2D eigenvalue weighted by Crippen LogP contribution is -2.18. The number of unbranched alkanes of at least 4 members (excludes halogenated alkanes) is 2. The van der Waals surface area contributed by atoms with Crippen LogP contribution in [0.2, 0.25) is 0 Å². The number of hydrogen-bond donors (Lipinski definition) is 0. The van der Waals surface area contributed by atoms with Crippen LogP contribution in [0.1, 0.15) is 95.5 Å². The zero-order valence-corrected chi connectivity index (χ0v) is 19.6. The first-order chi connectivity index (χ1) is 15.8. The van der Waals surface area contributed by atoms with Gasteiger partial charge in [0, 0.05) is 5.92 Å². The van der Waals surface area contributed by atoms with Gasteiger partial charge in [0.15, 0.2) is 11.6 Å². The van der Waals surface area contributed by atoms with Crippen LogP contribution in [0.15, 0.2) is 30.4 Å². The Bertz CT molecular complexity index is 817. The van der Waals surface area contributed by atoms with Crippen molar-refractivity contribution in [2.24, 2.45) is 17.8 Å². The summed E-state index contributed by atoms with van der Waals surface area (Å²) in [5, 5.41) is 0. The highest BCUT2D eigenvalue weighted by Crippen LogP contribution is 2.37. The minimum Gasteiger partial charge on any atom is -0.403 e. The smallest absolute Gasteiger partial charge is 0.403 e. The van der Waals surface area contributed by atoms with Gasteiger partial charge in [0.1, 0.15) is 0 Å². The van der Waals surface area contributed by atoms with E-state index in [9.17, 15) is 17.6 Å². The molecule has 0 amide bonds. The predicted octanol–water partition coefficient (Wildman–Crippen LogP) is 8.94. The SMILES string of the molecule is CCCCC[C@H]1CC[C@H](C=CC#C[C@H]2CC[C@H](c3ccc(OC(F)(F)F)c(F)c3)CC2)CC1. The van der Waals surface area contributed by atoms with Crippen molar-refractivity contribution >= 4 is 0 Å². The van der Waals surface area contributed by atoms with Crippen molar-refractivity contribution in [3.05, 3.63) is 41.7 Å². The zero-order valence-electron chi connectivity index (χ0n) is 19.6. The standard InChI is InChI=1S/C28H36F4O/c1-2-3-4-7-21-10-12-22(13-11-21)8-5-6-9-23-14-16-24(17-15-23)25-18-19-27(26(29)20-25)33-28(30,31)32/h5,8,18-24H,2-4,7,10-17H2,1H3/t21-,22-,23-,24-. The van der Waals surface area contributed by atoms with Gasteiger partial charge in [-0.25, -0.2) is 4.39 Å². The van der Waals surface area contributed by atoms with Crippen molar-refractivity contribution in [3.63, 3.8) is 0 Å². The van der Waals surface area contributed by atoms with Crippen molar-refractivity contribution in [3.8, 4) is 17.6 Å². The van der Waals surface area contributed by atoms with Crippen molar-refractivity contribution < 1.29 is 22.3 Å². The van der Waals surface area contributed by atoms with E-state index >= 15 is 0 Å². The van der Waals surface area contributed by atoms with Gasteiger partial charge < -0.3 is 4.74 Å². The first-order valence-corrected chi connectivity index (χ1v) is 12.6. The number of allylic oxidation sites excluding steroid dienone is 2. The Morgan fingerprint density at radius 1 is 1.00 bits per heavy atom. The normalized spacial score (nSPS) is 26.1. The highest BCUT2D eigenvalue weighted by atomic mass is 19.4. The van der Waals surface area contributed by atoms with Gasteiger partial charge in [-0.05, 0) is 92.9 Å². The van der Waals surface area contributed by atoms with Crippen LogP contribution in [-0.2, 0) is 0 Å². The molecule has 0 aliphatic heterocycles. The molecule has 0 saturated heterocycles. The van der Waals surface area contributed by atoms with Gasteiger partial charge in [0.05, 0.1) is 0 Å². The summed E-state index contributed by atoms with van der Waals surface area (Å²) in [4.78, 5) is 0. The second-order valence-corrected chi connectivity index (χ2v) is 9.71. The molecule has 2 fully saturated rings. The van der Waals surface area contributed by atoms with Gasteiger partial charge in [-0.1, -0.05) is 56.6 Å². The largest absolute Gasteiger partial charge is 0.573 e. The minimum atomic E-state index is -4.89. The topological polar surface area (TPSA) is 9.23 Å². The quantitative estimate of drug-likeness (QED) is 0.222. The fraction of sp³-hybridized carbons (Fsp3) is 0.643. The van der Waals surface area contributed by atoms with Crippen LogP contribution in [0.5, 0.6) is 5.75 Å². The Hall–Kier alpha value is -1.96. The lowest BCUT2D eigenvalue weighted by atomic mass is 9.79. The maximum absolute atomic E-state index is 14.0. The molecule has 0 unspecified atom stereocenters. The van der Waals surface area contributed by atoms with E-state index < -0.39 is 17.9 Å². The molecule has 1 aromatic carbocycles. The fourth-order valence-electron chi connectivity index (χ4n) is 5.25. The molecule has 182 valence electrons. The average Bonchev–Trinajstić information content (AvgIpc) is 2.79. The molecular formula is C28H36F4O. The van der Waals surface area contributed by atoms with E-state index in [4.69, 9.17) is 0 Å². The molecule has 2 aliphatic carbocycles. The monoisotopic (exact) mass is 464 g/mol. The van der Waals surface area contributed by atoms with Crippen molar-refractivity contribution in [2.45, 2.75) is 96.3 Å². The molecule has 1 nitrogen and oxygen atoms in total. The molecule has 0 bridgehead atoms.